The van der Waals surface area contributed by atoms with Gasteiger partial charge in [-0.2, -0.15) is 8.78 Å². The molecule has 25 heavy (non-hydrogen) atoms. The topological polar surface area (TPSA) is 58.6 Å². The molecule has 3 rings (SSSR count). The average Bonchev–Trinajstić information content (AvgIpc) is 3.45. The van der Waals surface area contributed by atoms with Gasteiger partial charge < -0.3 is 15.0 Å². The van der Waals surface area contributed by atoms with E-state index >= 15 is 0 Å². The highest BCUT2D eigenvalue weighted by Gasteiger charge is 2.35. The second-order valence-corrected chi connectivity index (χ2v) is 6.61. The van der Waals surface area contributed by atoms with Gasteiger partial charge in [-0.25, -0.2) is 0 Å². The predicted molar refractivity (Wildman–Crippen MR) is 86.9 cm³/mol. The highest BCUT2D eigenvalue weighted by Crippen LogP contribution is 2.32. The van der Waals surface area contributed by atoms with Crippen molar-refractivity contribution in [3.05, 3.63) is 29.8 Å². The number of carbonyl (C=O) groups is 2. The minimum Gasteiger partial charge on any atom is -0.435 e. The van der Waals surface area contributed by atoms with Crippen LogP contribution in [-0.2, 0) is 16.1 Å². The summed E-state index contributed by atoms with van der Waals surface area (Å²) in [5.41, 5.74) is 0.816. The fraction of sp³-hybridized carbons (Fsp3) is 0.556. The van der Waals surface area contributed by atoms with E-state index in [1.165, 1.54) is 12.1 Å². The number of benzene rings is 1. The van der Waals surface area contributed by atoms with E-state index in [1.807, 2.05) is 4.90 Å². The monoisotopic (exact) mass is 352 g/mol. The minimum atomic E-state index is -2.84. The molecule has 7 heteroatoms. The van der Waals surface area contributed by atoms with E-state index in [-0.39, 0.29) is 29.4 Å². The summed E-state index contributed by atoms with van der Waals surface area (Å²) in [6.07, 6.45) is 3.37. The number of amides is 2. The van der Waals surface area contributed by atoms with Gasteiger partial charge >= 0.3 is 6.61 Å². The lowest BCUT2D eigenvalue weighted by Gasteiger charge is -2.31. The molecule has 0 radical (unpaired) electrons. The highest BCUT2D eigenvalue weighted by atomic mass is 19.3. The summed E-state index contributed by atoms with van der Waals surface area (Å²) < 4.78 is 28.5. The third-order valence-electron chi connectivity index (χ3n) is 4.72. The zero-order valence-electron chi connectivity index (χ0n) is 13.9. The largest absolute Gasteiger partial charge is 0.435 e. The molecule has 0 bridgehead atoms. The molecule has 1 heterocycles. The zero-order chi connectivity index (χ0) is 17.8. The highest BCUT2D eigenvalue weighted by molar-refractivity contribution is 5.82. The quantitative estimate of drug-likeness (QED) is 0.856. The van der Waals surface area contributed by atoms with Crippen molar-refractivity contribution in [2.75, 3.05) is 13.1 Å². The number of alkyl halides is 2. The number of piperidine rings is 1. The maximum absolute atomic E-state index is 12.3. The van der Waals surface area contributed by atoms with Gasteiger partial charge in [-0.05, 0) is 43.4 Å². The molecule has 136 valence electrons. The van der Waals surface area contributed by atoms with E-state index < -0.39 is 6.61 Å². The maximum atomic E-state index is 12.3. The molecule has 1 aromatic carbocycles. The third-order valence-corrected chi connectivity index (χ3v) is 4.72. The van der Waals surface area contributed by atoms with E-state index in [0.29, 0.717) is 32.5 Å². The number of hydrogen-bond donors (Lipinski definition) is 1. The lowest BCUT2D eigenvalue weighted by Crippen LogP contribution is -2.43. The van der Waals surface area contributed by atoms with Gasteiger partial charge in [0.2, 0.25) is 11.8 Å². The molecule has 0 spiro atoms. The van der Waals surface area contributed by atoms with Crippen molar-refractivity contribution in [1.82, 2.24) is 10.2 Å². The van der Waals surface area contributed by atoms with Crippen molar-refractivity contribution in [3.8, 4) is 5.75 Å². The van der Waals surface area contributed by atoms with Crippen LogP contribution in [0.15, 0.2) is 24.3 Å². The van der Waals surface area contributed by atoms with Crippen LogP contribution >= 0.6 is 0 Å². The van der Waals surface area contributed by atoms with Gasteiger partial charge in [-0.1, -0.05) is 12.1 Å². The van der Waals surface area contributed by atoms with Crippen LogP contribution in [0.4, 0.5) is 8.78 Å². The smallest absolute Gasteiger partial charge is 0.387 e. The predicted octanol–water partition coefficient (Wildman–Crippen LogP) is 2.55. The van der Waals surface area contributed by atoms with E-state index in [9.17, 15) is 18.4 Å². The molecule has 1 saturated carbocycles. The summed E-state index contributed by atoms with van der Waals surface area (Å²) in [6, 6.07) is 6.20. The molecule has 1 aliphatic carbocycles. The van der Waals surface area contributed by atoms with Gasteiger partial charge in [-0.15, -0.1) is 0 Å². The summed E-state index contributed by atoms with van der Waals surface area (Å²) in [5, 5.41) is 2.88. The van der Waals surface area contributed by atoms with Crippen LogP contribution in [0.2, 0.25) is 0 Å². The van der Waals surface area contributed by atoms with Gasteiger partial charge in [0.1, 0.15) is 5.75 Å². The molecule has 0 atom stereocenters. The molecule has 1 aromatic rings. The number of likely N-dealkylation sites (tertiary alicyclic amines) is 1. The van der Waals surface area contributed by atoms with Crippen molar-refractivity contribution in [2.24, 2.45) is 11.8 Å². The first-order chi connectivity index (χ1) is 12.0. The van der Waals surface area contributed by atoms with Gasteiger partial charge in [0.15, 0.2) is 0 Å². The first-order valence-electron chi connectivity index (χ1n) is 8.63. The zero-order valence-corrected chi connectivity index (χ0v) is 13.9. The second-order valence-electron chi connectivity index (χ2n) is 6.61. The molecule has 2 aliphatic rings. The van der Waals surface area contributed by atoms with Crippen LogP contribution in [-0.4, -0.2) is 36.4 Å². The fourth-order valence-electron chi connectivity index (χ4n) is 3.07. The molecule has 5 nitrogen and oxygen atoms in total. The Morgan fingerprint density at radius 2 is 1.72 bits per heavy atom. The van der Waals surface area contributed by atoms with Crippen LogP contribution < -0.4 is 10.1 Å². The van der Waals surface area contributed by atoms with E-state index in [1.54, 1.807) is 12.1 Å². The molecule has 0 unspecified atom stereocenters. The van der Waals surface area contributed by atoms with Gasteiger partial charge in [-0.3, -0.25) is 9.59 Å². The molecule has 2 fully saturated rings. The van der Waals surface area contributed by atoms with Gasteiger partial charge in [0.05, 0.1) is 0 Å². The van der Waals surface area contributed by atoms with Crippen molar-refractivity contribution >= 4 is 11.8 Å². The molecule has 1 saturated heterocycles. The molecular formula is C18H22F2N2O3. The Morgan fingerprint density at radius 1 is 1.08 bits per heavy atom. The Balaban J connectivity index is 1.41. The van der Waals surface area contributed by atoms with Crippen molar-refractivity contribution < 1.29 is 23.1 Å². The Morgan fingerprint density at radius 3 is 2.28 bits per heavy atom. The SMILES string of the molecule is O=C(NCc1ccc(OC(F)F)cc1)C1CCN(C(=O)C2CC2)CC1. The number of nitrogens with one attached hydrogen (secondary N) is 1. The van der Waals surface area contributed by atoms with Crippen LogP contribution in [0.3, 0.4) is 0 Å². The van der Waals surface area contributed by atoms with Crippen molar-refractivity contribution in [2.45, 2.75) is 38.8 Å². The number of hydrogen-bond acceptors (Lipinski definition) is 3. The Hall–Kier alpha value is -2.18. The lowest BCUT2D eigenvalue weighted by molar-refractivity contribution is -0.136. The number of ether oxygens (including phenoxy) is 1. The summed E-state index contributed by atoms with van der Waals surface area (Å²) >= 11 is 0. The van der Waals surface area contributed by atoms with E-state index in [0.717, 1.165) is 18.4 Å². The minimum absolute atomic E-state index is 0.0218. The van der Waals surface area contributed by atoms with Crippen LogP contribution in [0.1, 0.15) is 31.2 Å². The number of rotatable bonds is 6. The van der Waals surface area contributed by atoms with Gasteiger partial charge in [0.25, 0.3) is 0 Å². The van der Waals surface area contributed by atoms with Gasteiger partial charge in [0, 0.05) is 31.5 Å². The summed E-state index contributed by atoms with van der Waals surface area (Å²) in [7, 11) is 0. The summed E-state index contributed by atoms with van der Waals surface area (Å²) in [6.45, 7) is -1.21. The van der Waals surface area contributed by atoms with E-state index in [4.69, 9.17) is 0 Å². The van der Waals surface area contributed by atoms with E-state index in [2.05, 4.69) is 10.1 Å². The number of carbonyl (C=O) groups excluding carboxylic acids is 2. The molecule has 0 aromatic heterocycles. The van der Waals surface area contributed by atoms with Crippen LogP contribution in [0.5, 0.6) is 5.75 Å². The Labute approximate surface area is 145 Å². The molecule has 1 aliphatic heterocycles. The maximum Gasteiger partial charge on any atom is 0.387 e. The molecular weight excluding hydrogens is 330 g/mol. The molecule has 1 N–H and O–H groups in total. The molecule has 2 amide bonds. The number of halogens is 2. The third kappa shape index (κ3) is 4.90. The Kier molecular flexibility index (Phi) is 5.50. The van der Waals surface area contributed by atoms with Crippen LogP contribution in [0.25, 0.3) is 0 Å². The van der Waals surface area contributed by atoms with Crippen molar-refractivity contribution in [1.29, 1.82) is 0 Å². The fourth-order valence-corrected chi connectivity index (χ4v) is 3.07. The first kappa shape index (κ1) is 17.6. The van der Waals surface area contributed by atoms with Crippen molar-refractivity contribution in [3.63, 3.8) is 0 Å². The summed E-state index contributed by atoms with van der Waals surface area (Å²) in [5.74, 6) is 0.460. The van der Waals surface area contributed by atoms with Crippen LogP contribution in [0, 0.1) is 11.8 Å². The summed E-state index contributed by atoms with van der Waals surface area (Å²) in [4.78, 5) is 26.2. The normalized spacial score (nSPS) is 18.3. The standard InChI is InChI=1S/C18H22F2N2O3/c19-18(20)25-15-5-1-12(2-6-15)11-21-16(23)13-7-9-22(10-8-13)17(24)14-3-4-14/h1-2,5-6,13-14,18H,3-4,7-11H2,(H,21,23). The Bertz CT molecular complexity index is 609. The lowest BCUT2D eigenvalue weighted by atomic mass is 9.95. The number of nitrogens with zero attached hydrogens (tertiary/aromatic N) is 1. The average molecular weight is 352 g/mol. The first-order valence-corrected chi connectivity index (χ1v) is 8.63. The second kappa shape index (κ2) is 7.80.